The first-order valence-electron chi connectivity index (χ1n) is 8.81. The lowest BCUT2D eigenvalue weighted by atomic mass is 10.1. The lowest BCUT2D eigenvalue weighted by molar-refractivity contribution is -0.395. The molecule has 3 N–H and O–H groups in total. The maximum atomic E-state index is 12.5. The van der Waals surface area contributed by atoms with Crippen LogP contribution in [0.3, 0.4) is 0 Å². The van der Waals surface area contributed by atoms with Crippen molar-refractivity contribution in [2.24, 2.45) is 0 Å². The summed E-state index contributed by atoms with van der Waals surface area (Å²) in [5, 5.41) is 28.2. The summed E-state index contributed by atoms with van der Waals surface area (Å²) in [4.78, 5) is 28.4. The number of benzene rings is 1. The molecule has 2 rings (SSSR count). The molecule has 0 atom stereocenters. The van der Waals surface area contributed by atoms with Crippen molar-refractivity contribution in [3.63, 3.8) is 0 Å². The van der Waals surface area contributed by atoms with Crippen LogP contribution in [0.2, 0.25) is 0 Å². The number of nitro benzene ring substituents is 2. The molecule has 0 unspecified atom stereocenters. The second-order valence-corrected chi connectivity index (χ2v) is 7.94. The molecular weight excluding hydrogens is 418 g/mol. The van der Waals surface area contributed by atoms with Crippen LogP contribution in [-0.4, -0.2) is 47.9 Å². The Morgan fingerprint density at radius 2 is 1.57 bits per heavy atom. The van der Waals surface area contributed by atoms with E-state index in [1.807, 2.05) is 6.92 Å². The fourth-order valence-electron chi connectivity index (χ4n) is 2.55. The van der Waals surface area contributed by atoms with Crippen LogP contribution < -0.4 is 15.4 Å². The molecule has 0 spiro atoms. The zero-order chi connectivity index (χ0) is 22.5. The Labute approximate surface area is 172 Å². The van der Waals surface area contributed by atoms with Gasteiger partial charge in [0.15, 0.2) is 0 Å². The Bertz CT molecular complexity index is 1040. The van der Waals surface area contributed by atoms with Gasteiger partial charge in [0.1, 0.15) is 11.4 Å². The number of hydrogen-bond acceptors (Lipinski definition) is 10. The predicted octanol–water partition coefficient (Wildman–Crippen LogP) is 1.73. The second-order valence-electron chi connectivity index (χ2n) is 6.17. The summed E-state index contributed by atoms with van der Waals surface area (Å²) in [5.41, 5.74) is -0.797. The van der Waals surface area contributed by atoms with E-state index in [0.29, 0.717) is 24.0 Å². The average molecular weight is 439 g/mol. The minimum Gasteiger partial charge on any atom is -0.369 e. The third-order valence-electron chi connectivity index (χ3n) is 3.94. The Balaban J connectivity index is 2.12. The van der Waals surface area contributed by atoms with Crippen LogP contribution in [0, 0.1) is 34.1 Å². The zero-order valence-corrected chi connectivity index (χ0v) is 17.3. The second kappa shape index (κ2) is 9.41. The van der Waals surface area contributed by atoms with E-state index in [4.69, 9.17) is 0 Å². The van der Waals surface area contributed by atoms with Gasteiger partial charge in [-0.15, -0.1) is 0 Å². The molecule has 0 aliphatic rings. The molecule has 0 radical (unpaired) electrons. The van der Waals surface area contributed by atoms with Gasteiger partial charge >= 0.3 is 0 Å². The molecule has 0 aliphatic heterocycles. The number of nitro groups is 2. The summed E-state index contributed by atoms with van der Waals surface area (Å²) in [7, 11) is -4.21. The number of hydrogen-bond donors (Lipinski definition) is 3. The third-order valence-corrected chi connectivity index (χ3v) is 5.38. The van der Waals surface area contributed by atoms with Crippen molar-refractivity contribution in [3.8, 4) is 0 Å². The first-order valence-corrected chi connectivity index (χ1v) is 10.3. The first kappa shape index (κ1) is 22.9. The largest absolute Gasteiger partial charge is 0.369 e. The molecule has 13 nitrogen and oxygen atoms in total. The van der Waals surface area contributed by atoms with E-state index in [9.17, 15) is 28.6 Å². The highest BCUT2D eigenvalue weighted by atomic mass is 32.2. The fraction of sp³-hybridized carbons (Fsp3) is 0.375. The minimum absolute atomic E-state index is 0.0859. The van der Waals surface area contributed by atoms with Gasteiger partial charge in [-0.1, -0.05) is 0 Å². The van der Waals surface area contributed by atoms with Gasteiger partial charge in [0.25, 0.3) is 11.4 Å². The number of nitrogens with one attached hydrogen (secondary N) is 3. The highest BCUT2D eigenvalue weighted by Crippen LogP contribution is 2.31. The number of aromatic nitrogens is 2. The summed E-state index contributed by atoms with van der Waals surface area (Å²) < 4.78 is 27.2. The van der Waals surface area contributed by atoms with E-state index in [-0.39, 0.29) is 18.7 Å². The highest BCUT2D eigenvalue weighted by Gasteiger charge is 2.27. The van der Waals surface area contributed by atoms with Crippen molar-refractivity contribution >= 4 is 33.2 Å². The van der Waals surface area contributed by atoms with E-state index in [1.165, 1.54) is 6.92 Å². The molecule has 30 heavy (non-hydrogen) atoms. The van der Waals surface area contributed by atoms with Gasteiger partial charge < -0.3 is 10.6 Å². The van der Waals surface area contributed by atoms with Gasteiger partial charge in [0.05, 0.1) is 14.7 Å². The Morgan fingerprint density at radius 3 is 2.10 bits per heavy atom. The molecule has 1 aromatic carbocycles. The molecule has 162 valence electrons. The lowest BCUT2D eigenvalue weighted by Crippen LogP contribution is -2.29. The molecule has 2 aromatic rings. The monoisotopic (exact) mass is 439 g/mol. The van der Waals surface area contributed by atoms with Crippen LogP contribution in [-0.2, 0) is 10.0 Å². The van der Waals surface area contributed by atoms with Crippen LogP contribution in [0.15, 0.2) is 23.1 Å². The molecular formula is C16H21N7O6S. The lowest BCUT2D eigenvalue weighted by Gasteiger charge is -2.10. The number of nitrogens with zero attached hydrogens (tertiary/aromatic N) is 4. The molecule has 0 saturated heterocycles. The topological polar surface area (TPSA) is 182 Å². The van der Waals surface area contributed by atoms with Crippen LogP contribution in [0.25, 0.3) is 0 Å². The minimum atomic E-state index is -4.21. The van der Waals surface area contributed by atoms with E-state index in [0.717, 1.165) is 12.1 Å². The number of anilines is 2. The van der Waals surface area contributed by atoms with Gasteiger partial charge in [0.2, 0.25) is 16.0 Å². The van der Waals surface area contributed by atoms with Crippen LogP contribution in [0.4, 0.5) is 23.1 Å². The maximum Gasteiger partial charge on any atom is 0.280 e. The van der Waals surface area contributed by atoms with Gasteiger partial charge in [-0.2, -0.15) is 4.98 Å². The summed E-state index contributed by atoms with van der Waals surface area (Å²) in [6.45, 7) is 5.57. The SMILES string of the molecule is CCNc1nc(C)cc(NCCNS(=O)(=O)c2cc([N+](=O)[O-])c(C)c([N+](=O)[O-])c2)n1. The molecule has 0 fully saturated rings. The normalized spacial score (nSPS) is 11.2. The standard InChI is InChI=1S/C16H21N7O6S/c1-4-17-16-20-10(2)7-15(21-16)18-5-6-19-30(28,29)12-8-13(22(24)25)11(3)14(9-12)23(26)27/h7-9,19H,4-6H2,1-3H3,(H2,17,18,20,21). The van der Waals surface area contributed by atoms with Gasteiger partial charge in [-0.3, -0.25) is 20.2 Å². The molecule has 0 amide bonds. The van der Waals surface area contributed by atoms with E-state index >= 15 is 0 Å². The van der Waals surface area contributed by atoms with Crippen LogP contribution >= 0.6 is 0 Å². The van der Waals surface area contributed by atoms with Crippen molar-refractivity contribution in [2.75, 3.05) is 30.3 Å². The summed E-state index contributed by atoms with van der Waals surface area (Å²) >= 11 is 0. The van der Waals surface area contributed by atoms with Crippen molar-refractivity contribution < 1.29 is 18.3 Å². The zero-order valence-electron chi connectivity index (χ0n) is 16.5. The number of aryl methyl sites for hydroxylation is 1. The number of sulfonamides is 1. The molecule has 1 heterocycles. The fourth-order valence-corrected chi connectivity index (χ4v) is 3.62. The summed E-state index contributed by atoms with van der Waals surface area (Å²) in [6, 6.07) is 3.28. The van der Waals surface area contributed by atoms with Gasteiger partial charge in [-0.05, 0) is 20.8 Å². The number of rotatable bonds is 10. The van der Waals surface area contributed by atoms with Gasteiger partial charge in [-0.25, -0.2) is 18.1 Å². The van der Waals surface area contributed by atoms with E-state index in [1.54, 1.807) is 13.0 Å². The molecule has 14 heteroatoms. The Kier molecular flexibility index (Phi) is 7.18. The van der Waals surface area contributed by atoms with Crippen molar-refractivity contribution in [3.05, 3.63) is 49.7 Å². The molecule has 0 saturated carbocycles. The quantitative estimate of drug-likeness (QED) is 0.280. The van der Waals surface area contributed by atoms with Crippen LogP contribution in [0.1, 0.15) is 18.2 Å². The molecule has 0 aliphatic carbocycles. The van der Waals surface area contributed by atoms with Crippen molar-refractivity contribution in [2.45, 2.75) is 25.7 Å². The average Bonchev–Trinajstić information content (AvgIpc) is 2.64. The first-order chi connectivity index (χ1) is 14.0. The highest BCUT2D eigenvalue weighted by molar-refractivity contribution is 7.89. The van der Waals surface area contributed by atoms with Gasteiger partial charge in [0, 0.05) is 43.5 Å². The van der Waals surface area contributed by atoms with E-state index in [2.05, 4.69) is 25.3 Å². The van der Waals surface area contributed by atoms with Crippen LogP contribution in [0.5, 0.6) is 0 Å². The molecule has 0 bridgehead atoms. The van der Waals surface area contributed by atoms with Crippen molar-refractivity contribution in [1.29, 1.82) is 0 Å². The summed E-state index contributed by atoms with van der Waals surface area (Å²) in [5.74, 6) is 0.916. The Morgan fingerprint density at radius 1 is 0.967 bits per heavy atom. The van der Waals surface area contributed by atoms with E-state index < -0.39 is 36.1 Å². The smallest absolute Gasteiger partial charge is 0.280 e. The van der Waals surface area contributed by atoms with Crippen molar-refractivity contribution in [1.82, 2.24) is 14.7 Å². The summed E-state index contributed by atoms with van der Waals surface area (Å²) in [6.07, 6.45) is 0. The molecule has 1 aromatic heterocycles. The Hall–Kier alpha value is -3.39. The third kappa shape index (κ3) is 5.57. The predicted molar refractivity (Wildman–Crippen MR) is 109 cm³/mol. The maximum absolute atomic E-state index is 12.5.